The van der Waals surface area contributed by atoms with Gasteiger partial charge in [0.15, 0.2) is 5.82 Å². The number of hydrogen-bond donors (Lipinski definition) is 2. The molecule has 9 heteroatoms. The molecule has 0 radical (unpaired) electrons. The third-order valence-electron chi connectivity index (χ3n) is 5.51. The summed E-state index contributed by atoms with van der Waals surface area (Å²) < 4.78 is 9.17. The molecule has 1 aromatic carbocycles. The molecule has 1 aliphatic carbocycles. The van der Waals surface area contributed by atoms with E-state index >= 15 is 0 Å². The Hall–Kier alpha value is -3.04. The van der Waals surface area contributed by atoms with E-state index in [-0.39, 0.29) is 18.1 Å². The lowest BCUT2D eigenvalue weighted by Gasteiger charge is -2.32. The SMILES string of the molecule is CO[C@@H]1C[C@@H](c2nc(-c3ccc(C(N)=O)cc3)nn2-c2cnn(C)c2)CC[C@H]1N. The van der Waals surface area contributed by atoms with Gasteiger partial charge in [0.2, 0.25) is 5.91 Å². The zero-order valence-electron chi connectivity index (χ0n) is 16.5. The van der Waals surface area contributed by atoms with Gasteiger partial charge in [0.1, 0.15) is 11.5 Å². The number of nitrogens with two attached hydrogens (primary N) is 2. The molecule has 0 aliphatic heterocycles. The molecule has 0 unspecified atom stereocenters. The first-order valence-corrected chi connectivity index (χ1v) is 9.61. The minimum Gasteiger partial charge on any atom is -0.380 e. The highest BCUT2D eigenvalue weighted by Gasteiger charge is 2.32. The molecular formula is C20H25N7O2. The fourth-order valence-electron chi connectivity index (χ4n) is 3.86. The maximum atomic E-state index is 11.3. The molecule has 29 heavy (non-hydrogen) atoms. The van der Waals surface area contributed by atoms with Crippen molar-refractivity contribution in [2.45, 2.75) is 37.3 Å². The molecule has 2 heterocycles. The van der Waals surface area contributed by atoms with Crippen molar-refractivity contribution >= 4 is 5.91 Å². The summed E-state index contributed by atoms with van der Waals surface area (Å²) in [4.78, 5) is 16.2. The molecule has 1 amide bonds. The molecule has 2 aromatic heterocycles. The topological polar surface area (TPSA) is 127 Å². The predicted octanol–water partition coefficient (Wildman–Crippen LogP) is 1.38. The fourth-order valence-corrected chi connectivity index (χ4v) is 3.86. The number of hydrogen-bond acceptors (Lipinski definition) is 6. The number of benzene rings is 1. The number of aromatic nitrogens is 5. The standard InChI is InChI=1S/C20H25N7O2/c1-26-11-15(10-23-26)27-20(14-7-8-16(21)17(9-14)29-2)24-19(25-27)13-5-3-12(4-6-13)18(22)28/h3-6,10-11,14,16-17H,7-9,21H2,1-2H3,(H2,22,28)/t14-,16+,17+/m0/s1. The van der Waals surface area contributed by atoms with Gasteiger partial charge in [-0.05, 0) is 31.4 Å². The molecule has 0 bridgehead atoms. The second-order valence-electron chi connectivity index (χ2n) is 7.47. The van der Waals surface area contributed by atoms with Gasteiger partial charge >= 0.3 is 0 Å². The summed E-state index contributed by atoms with van der Waals surface area (Å²) in [6.07, 6.45) is 6.23. The Morgan fingerprint density at radius 1 is 1.24 bits per heavy atom. The van der Waals surface area contributed by atoms with Crippen LogP contribution in [0.25, 0.3) is 17.1 Å². The molecule has 4 N–H and O–H groups in total. The quantitative estimate of drug-likeness (QED) is 0.672. The van der Waals surface area contributed by atoms with Crippen LogP contribution < -0.4 is 11.5 Å². The Kier molecular flexibility index (Phi) is 5.16. The van der Waals surface area contributed by atoms with Gasteiger partial charge in [-0.15, -0.1) is 5.10 Å². The summed E-state index contributed by atoms with van der Waals surface area (Å²) in [6, 6.07) is 7.01. The van der Waals surface area contributed by atoms with Crippen LogP contribution in [-0.2, 0) is 11.8 Å². The van der Waals surface area contributed by atoms with E-state index in [1.54, 1.807) is 30.1 Å². The summed E-state index contributed by atoms with van der Waals surface area (Å²) >= 11 is 0. The summed E-state index contributed by atoms with van der Waals surface area (Å²) in [7, 11) is 3.56. The van der Waals surface area contributed by atoms with Gasteiger partial charge in [-0.1, -0.05) is 12.1 Å². The third kappa shape index (κ3) is 3.79. The first kappa shape index (κ1) is 19.3. The molecular weight excluding hydrogens is 370 g/mol. The zero-order chi connectivity index (χ0) is 20.5. The molecule has 9 nitrogen and oxygen atoms in total. The fraction of sp³-hybridized carbons (Fsp3) is 0.400. The highest BCUT2D eigenvalue weighted by atomic mass is 16.5. The van der Waals surface area contributed by atoms with Gasteiger partial charge in [0.25, 0.3) is 0 Å². The number of ether oxygens (including phenoxy) is 1. The van der Waals surface area contributed by atoms with Crippen molar-refractivity contribution in [1.29, 1.82) is 0 Å². The second kappa shape index (κ2) is 7.76. The van der Waals surface area contributed by atoms with Crippen LogP contribution in [0.15, 0.2) is 36.7 Å². The van der Waals surface area contributed by atoms with Crippen LogP contribution in [0.2, 0.25) is 0 Å². The van der Waals surface area contributed by atoms with E-state index in [4.69, 9.17) is 26.3 Å². The number of primary amides is 1. The number of carbonyl (C=O) groups excluding carboxylic acids is 1. The van der Waals surface area contributed by atoms with Gasteiger partial charge in [-0.25, -0.2) is 9.67 Å². The predicted molar refractivity (Wildman–Crippen MR) is 107 cm³/mol. The molecule has 1 aliphatic rings. The van der Waals surface area contributed by atoms with Crippen LogP contribution in [0.5, 0.6) is 0 Å². The maximum absolute atomic E-state index is 11.3. The van der Waals surface area contributed by atoms with E-state index in [9.17, 15) is 4.79 Å². The Bertz CT molecular complexity index is 1010. The Labute approximate surface area is 168 Å². The minimum atomic E-state index is -0.463. The normalized spacial score (nSPS) is 22.0. The largest absolute Gasteiger partial charge is 0.380 e. The van der Waals surface area contributed by atoms with E-state index in [0.29, 0.717) is 11.4 Å². The van der Waals surface area contributed by atoms with Crippen molar-refractivity contribution < 1.29 is 9.53 Å². The number of carbonyl (C=O) groups is 1. The van der Waals surface area contributed by atoms with Gasteiger partial charge in [-0.2, -0.15) is 5.10 Å². The number of amides is 1. The van der Waals surface area contributed by atoms with Crippen LogP contribution in [0.4, 0.5) is 0 Å². The van der Waals surface area contributed by atoms with E-state index in [0.717, 1.165) is 36.3 Å². The van der Waals surface area contributed by atoms with Crippen molar-refractivity contribution in [2.24, 2.45) is 18.5 Å². The monoisotopic (exact) mass is 395 g/mol. The number of aryl methyl sites for hydroxylation is 1. The van der Waals surface area contributed by atoms with Crippen LogP contribution in [0, 0.1) is 0 Å². The summed E-state index contributed by atoms with van der Waals surface area (Å²) in [5, 5.41) is 9.02. The average molecular weight is 395 g/mol. The number of rotatable bonds is 5. The summed E-state index contributed by atoms with van der Waals surface area (Å²) in [6.45, 7) is 0. The van der Waals surface area contributed by atoms with Crippen molar-refractivity contribution in [3.63, 3.8) is 0 Å². The first-order chi connectivity index (χ1) is 14.0. The second-order valence-corrected chi connectivity index (χ2v) is 7.47. The lowest BCUT2D eigenvalue weighted by molar-refractivity contribution is 0.0459. The molecule has 3 atom stereocenters. The van der Waals surface area contributed by atoms with Crippen molar-refractivity contribution in [1.82, 2.24) is 24.5 Å². The van der Waals surface area contributed by atoms with Crippen molar-refractivity contribution in [2.75, 3.05) is 7.11 Å². The highest BCUT2D eigenvalue weighted by molar-refractivity contribution is 5.93. The van der Waals surface area contributed by atoms with Gasteiger partial charge < -0.3 is 16.2 Å². The number of methoxy groups -OCH3 is 1. The molecule has 4 rings (SSSR count). The van der Waals surface area contributed by atoms with Crippen molar-refractivity contribution in [3.8, 4) is 17.1 Å². The summed E-state index contributed by atoms with van der Waals surface area (Å²) in [5.41, 5.74) is 13.6. The Balaban J connectivity index is 1.74. The van der Waals surface area contributed by atoms with E-state index in [1.165, 1.54) is 0 Å². The zero-order valence-corrected chi connectivity index (χ0v) is 16.5. The van der Waals surface area contributed by atoms with Crippen molar-refractivity contribution in [3.05, 3.63) is 48.0 Å². The van der Waals surface area contributed by atoms with Gasteiger partial charge in [0, 0.05) is 37.2 Å². The maximum Gasteiger partial charge on any atom is 0.248 e. The Morgan fingerprint density at radius 3 is 2.62 bits per heavy atom. The number of nitrogens with zero attached hydrogens (tertiary/aromatic N) is 5. The van der Waals surface area contributed by atoms with E-state index in [2.05, 4.69) is 5.10 Å². The van der Waals surface area contributed by atoms with Crippen LogP contribution in [-0.4, -0.2) is 49.7 Å². The van der Waals surface area contributed by atoms with E-state index in [1.807, 2.05) is 30.1 Å². The van der Waals surface area contributed by atoms with Crippen LogP contribution >= 0.6 is 0 Å². The molecule has 3 aromatic rings. The lowest BCUT2D eigenvalue weighted by atomic mass is 9.83. The molecule has 0 spiro atoms. The lowest BCUT2D eigenvalue weighted by Crippen LogP contribution is -2.41. The highest BCUT2D eigenvalue weighted by Crippen LogP contribution is 2.34. The van der Waals surface area contributed by atoms with E-state index < -0.39 is 5.91 Å². The van der Waals surface area contributed by atoms with Crippen LogP contribution in [0.3, 0.4) is 0 Å². The molecule has 1 saturated carbocycles. The third-order valence-corrected chi connectivity index (χ3v) is 5.51. The molecule has 152 valence electrons. The smallest absolute Gasteiger partial charge is 0.248 e. The Morgan fingerprint density at radius 2 is 2.00 bits per heavy atom. The van der Waals surface area contributed by atoms with Gasteiger partial charge in [-0.3, -0.25) is 9.48 Å². The molecule has 1 fully saturated rings. The summed E-state index contributed by atoms with van der Waals surface area (Å²) in [5.74, 6) is 1.16. The van der Waals surface area contributed by atoms with Gasteiger partial charge in [0.05, 0.1) is 18.5 Å². The van der Waals surface area contributed by atoms with Crippen LogP contribution in [0.1, 0.15) is 41.4 Å². The minimum absolute atomic E-state index is 0.00824. The molecule has 0 saturated heterocycles. The average Bonchev–Trinajstić information content (AvgIpc) is 3.35. The first-order valence-electron chi connectivity index (χ1n) is 9.61.